The first-order valence-corrected chi connectivity index (χ1v) is 9.93. The summed E-state index contributed by atoms with van der Waals surface area (Å²) >= 11 is 11.9. The Morgan fingerprint density at radius 2 is 1.73 bits per heavy atom. The van der Waals surface area contributed by atoms with E-state index in [4.69, 9.17) is 27.9 Å². The standard InChI is InChI=1S/C21H18Cl2N2O5/c1-3-11(2)24-18(26)10-30-21(29)12-4-6-14-15(8-12)20(28)25(19(14)27)13-5-7-16(22)17(23)9-13/h4-9,11H,3,10H2,1-2H3,(H,24,26)/t11-/m1/s1. The van der Waals surface area contributed by atoms with Crippen LogP contribution in [0.2, 0.25) is 10.0 Å². The number of hydrogen-bond acceptors (Lipinski definition) is 5. The molecule has 0 aliphatic carbocycles. The molecule has 7 nitrogen and oxygen atoms in total. The number of benzene rings is 2. The molecule has 2 aromatic carbocycles. The molecule has 9 heteroatoms. The molecule has 0 bridgehead atoms. The molecule has 0 saturated heterocycles. The lowest BCUT2D eigenvalue weighted by molar-refractivity contribution is -0.124. The van der Waals surface area contributed by atoms with Crippen LogP contribution in [0, 0.1) is 0 Å². The van der Waals surface area contributed by atoms with Gasteiger partial charge in [-0.25, -0.2) is 9.69 Å². The van der Waals surface area contributed by atoms with Gasteiger partial charge in [-0.3, -0.25) is 14.4 Å². The normalized spacial score (nSPS) is 13.8. The zero-order chi connectivity index (χ0) is 22.0. The van der Waals surface area contributed by atoms with Gasteiger partial charge in [-0.15, -0.1) is 0 Å². The summed E-state index contributed by atoms with van der Waals surface area (Å²) in [7, 11) is 0. The average Bonchev–Trinajstić information content (AvgIpc) is 2.98. The SMILES string of the molecule is CC[C@@H](C)NC(=O)COC(=O)c1ccc2c(c1)C(=O)N(c1ccc(Cl)c(Cl)c1)C2=O. The fourth-order valence-electron chi connectivity index (χ4n) is 2.86. The Bertz CT molecular complexity index is 1050. The largest absolute Gasteiger partial charge is 0.452 e. The molecule has 3 rings (SSSR count). The van der Waals surface area contributed by atoms with Crippen LogP contribution < -0.4 is 10.2 Å². The van der Waals surface area contributed by atoms with E-state index >= 15 is 0 Å². The maximum atomic E-state index is 12.8. The summed E-state index contributed by atoms with van der Waals surface area (Å²) in [6, 6.07) is 8.39. The predicted molar refractivity (Wildman–Crippen MR) is 112 cm³/mol. The second-order valence-electron chi connectivity index (χ2n) is 6.76. The maximum Gasteiger partial charge on any atom is 0.338 e. The van der Waals surface area contributed by atoms with Crippen LogP contribution >= 0.6 is 23.2 Å². The molecule has 0 aromatic heterocycles. The molecule has 30 heavy (non-hydrogen) atoms. The van der Waals surface area contributed by atoms with Crippen LogP contribution in [0.15, 0.2) is 36.4 Å². The Hall–Kier alpha value is -2.90. The molecule has 1 aliphatic rings. The van der Waals surface area contributed by atoms with Gasteiger partial charge in [0.15, 0.2) is 6.61 Å². The summed E-state index contributed by atoms with van der Waals surface area (Å²) in [6.07, 6.45) is 0.746. The summed E-state index contributed by atoms with van der Waals surface area (Å²) in [5, 5.41) is 3.17. The minimum Gasteiger partial charge on any atom is -0.452 e. The molecule has 0 saturated carbocycles. The van der Waals surface area contributed by atoms with Crippen molar-refractivity contribution in [3.05, 3.63) is 63.1 Å². The predicted octanol–water partition coefficient (Wildman–Crippen LogP) is 3.87. The van der Waals surface area contributed by atoms with Gasteiger partial charge in [0.2, 0.25) is 0 Å². The van der Waals surface area contributed by atoms with E-state index < -0.39 is 30.3 Å². The minimum atomic E-state index is -0.773. The Balaban J connectivity index is 1.77. The lowest BCUT2D eigenvalue weighted by Gasteiger charge is -2.14. The van der Waals surface area contributed by atoms with Gasteiger partial charge in [0, 0.05) is 6.04 Å². The highest BCUT2D eigenvalue weighted by atomic mass is 35.5. The fourth-order valence-corrected chi connectivity index (χ4v) is 3.15. The van der Waals surface area contributed by atoms with Gasteiger partial charge >= 0.3 is 5.97 Å². The van der Waals surface area contributed by atoms with Crippen molar-refractivity contribution in [1.82, 2.24) is 5.32 Å². The van der Waals surface area contributed by atoms with Crippen LogP contribution in [0.1, 0.15) is 51.3 Å². The summed E-state index contributed by atoms with van der Waals surface area (Å²) in [4.78, 5) is 50.5. The number of hydrogen-bond donors (Lipinski definition) is 1. The summed E-state index contributed by atoms with van der Waals surface area (Å²) in [5.41, 5.74) is 0.533. The van der Waals surface area contributed by atoms with Gasteiger partial charge in [-0.2, -0.15) is 0 Å². The number of nitrogens with one attached hydrogen (secondary N) is 1. The molecule has 1 aliphatic heterocycles. The number of anilines is 1. The first kappa shape index (κ1) is 21.8. The molecule has 0 spiro atoms. The van der Waals surface area contributed by atoms with Crippen LogP contribution in [-0.2, 0) is 9.53 Å². The van der Waals surface area contributed by atoms with E-state index in [-0.39, 0.29) is 33.4 Å². The maximum absolute atomic E-state index is 12.8. The molecule has 3 amide bonds. The van der Waals surface area contributed by atoms with Gasteiger partial charge in [0.1, 0.15) is 0 Å². The van der Waals surface area contributed by atoms with Crippen LogP contribution in [0.4, 0.5) is 5.69 Å². The third-order valence-corrected chi connectivity index (χ3v) is 5.38. The van der Waals surface area contributed by atoms with Crippen molar-refractivity contribution in [1.29, 1.82) is 0 Å². The summed E-state index contributed by atoms with van der Waals surface area (Å²) in [5.74, 6) is -2.33. The summed E-state index contributed by atoms with van der Waals surface area (Å²) in [6.45, 7) is 3.31. The molecule has 0 fully saturated rings. The van der Waals surface area contributed by atoms with Gasteiger partial charge in [0.25, 0.3) is 17.7 Å². The van der Waals surface area contributed by atoms with Crippen LogP contribution in [-0.4, -0.2) is 36.3 Å². The first-order chi connectivity index (χ1) is 14.2. The van der Waals surface area contributed by atoms with E-state index in [0.717, 1.165) is 11.3 Å². The van der Waals surface area contributed by atoms with Gasteiger partial charge < -0.3 is 10.1 Å². The third-order valence-electron chi connectivity index (χ3n) is 4.64. The molecule has 0 unspecified atom stereocenters. The van der Waals surface area contributed by atoms with Crippen molar-refractivity contribution >= 4 is 52.6 Å². The Morgan fingerprint density at radius 1 is 1.03 bits per heavy atom. The molecule has 0 radical (unpaired) electrons. The Morgan fingerprint density at radius 3 is 2.40 bits per heavy atom. The topological polar surface area (TPSA) is 92.8 Å². The van der Waals surface area contributed by atoms with E-state index in [2.05, 4.69) is 5.32 Å². The van der Waals surface area contributed by atoms with E-state index in [1.165, 1.54) is 36.4 Å². The Labute approximate surface area is 182 Å². The second-order valence-corrected chi connectivity index (χ2v) is 7.57. The number of halogens is 2. The van der Waals surface area contributed by atoms with E-state index in [9.17, 15) is 19.2 Å². The lowest BCUT2D eigenvalue weighted by Crippen LogP contribution is -2.35. The highest BCUT2D eigenvalue weighted by molar-refractivity contribution is 6.42. The number of ether oxygens (including phenoxy) is 1. The van der Waals surface area contributed by atoms with Crippen molar-refractivity contribution in [3.8, 4) is 0 Å². The number of imide groups is 1. The molecule has 2 aromatic rings. The number of fused-ring (bicyclic) bond motifs is 1. The van der Waals surface area contributed by atoms with Crippen LogP contribution in [0.5, 0.6) is 0 Å². The van der Waals surface area contributed by atoms with Crippen LogP contribution in [0.3, 0.4) is 0 Å². The number of nitrogens with zero attached hydrogens (tertiary/aromatic N) is 1. The lowest BCUT2D eigenvalue weighted by atomic mass is 10.1. The van der Waals surface area contributed by atoms with Gasteiger partial charge in [-0.05, 0) is 49.7 Å². The average molecular weight is 449 g/mol. The van der Waals surface area contributed by atoms with Crippen molar-refractivity contribution in [2.45, 2.75) is 26.3 Å². The number of rotatable bonds is 6. The number of carbonyl (C=O) groups excluding carboxylic acids is 4. The number of amides is 3. The molecule has 1 N–H and O–H groups in total. The van der Waals surface area contributed by atoms with Gasteiger partial charge in [-0.1, -0.05) is 30.1 Å². The van der Waals surface area contributed by atoms with Crippen molar-refractivity contribution in [2.24, 2.45) is 0 Å². The summed E-state index contributed by atoms with van der Waals surface area (Å²) < 4.78 is 5.00. The second kappa shape index (κ2) is 8.85. The monoisotopic (exact) mass is 448 g/mol. The zero-order valence-corrected chi connectivity index (χ0v) is 17.7. The van der Waals surface area contributed by atoms with E-state index in [1.54, 1.807) is 0 Å². The van der Waals surface area contributed by atoms with E-state index in [1.807, 2.05) is 13.8 Å². The van der Waals surface area contributed by atoms with Gasteiger partial charge in [0.05, 0.1) is 32.4 Å². The van der Waals surface area contributed by atoms with Crippen LogP contribution in [0.25, 0.3) is 0 Å². The Kier molecular flexibility index (Phi) is 6.43. The minimum absolute atomic E-state index is 0.0350. The number of carbonyl (C=O) groups is 4. The molecular weight excluding hydrogens is 431 g/mol. The molecular formula is C21H18Cl2N2O5. The van der Waals surface area contributed by atoms with Crippen molar-refractivity contribution in [3.63, 3.8) is 0 Å². The first-order valence-electron chi connectivity index (χ1n) is 9.17. The third kappa shape index (κ3) is 4.32. The highest BCUT2D eigenvalue weighted by Crippen LogP contribution is 2.33. The number of esters is 1. The fraction of sp³-hybridized carbons (Fsp3) is 0.238. The molecule has 1 atom stereocenters. The molecule has 156 valence electrons. The highest BCUT2D eigenvalue weighted by Gasteiger charge is 2.37. The molecule has 1 heterocycles. The zero-order valence-electron chi connectivity index (χ0n) is 16.2. The quantitative estimate of drug-likeness (QED) is 0.534. The smallest absolute Gasteiger partial charge is 0.338 e. The van der Waals surface area contributed by atoms with Crippen molar-refractivity contribution < 1.29 is 23.9 Å². The van der Waals surface area contributed by atoms with Crippen molar-refractivity contribution in [2.75, 3.05) is 11.5 Å². The van der Waals surface area contributed by atoms with E-state index in [0.29, 0.717) is 5.02 Å².